The SMILES string of the molecule is CCc1cnc(-c2ccc(F)cc2F)c2cc(C(=O)N=C(N)N)ccc12. The van der Waals surface area contributed by atoms with Crippen molar-refractivity contribution in [3.63, 3.8) is 0 Å². The summed E-state index contributed by atoms with van der Waals surface area (Å²) in [4.78, 5) is 20.0. The normalized spacial score (nSPS) is 10.7. The summed E-state index contributed by atoms with van der Waals surface area (Å²) in [6.07, 6.45) is 2.36. The van der Waals surface area contributed by atoms with E-state index in [4.69, 9.17) is 11.5 Å². The lowest BCUT2D eigenvalue weighted by Gasteiger charge is -2.11. The Hall–Kier alpha value is -3.35. The molecule has 4 N–H and O–H groups in total. The fourth-order valence-corrected chi connectivity index (χ4v) is 2.79. The zero-order valence-corrected chi connectivity index (χ0v) is 14.0. The number of hydrogen-bond donors (Lipinski definition) is 2. The number of fused-ring (bicyclic) bond motifs is 1. The molecule has 0 aliphatic rings. The summed E-state index contributed by atoms with van der Waals surface area (Å²) in [7, 11) is 0. The second kappa shape index (κ2) is 6.87. The van der Waals surface area contributed by atoms with Crippen molar-refractivity contribution in [2.75, 3.05) is 0 Å². The number of amides is 1. The highest BCUT2D eigenvalue weighted by atomic mass is 19.1. The average molecular weight is 354 g/mol. The lowest BCUT2D eigenvalue weighted by Crippen LogP contribution is -2.24. The van der Waals surface area contributed by atoms with Crippen molar-refractivity contribution >= 4 is 22.6 Å². The van der Waals surface area contributed by atoms with Gasteiger partial charge in [-0.05, 0) is 41.6 Å². The topological polar surface area (TPSA) is 94.4 Å². The Morgan fingerprint density at radius 3 is 2.54 bits per heavy atom. The molecular weight excluding hydrogens is 338 g/mol. The van der Waals surface area contributed by atoms with Crippen LogP contribution in [0.3, 0.4) is 0 Å². The lowest BCUT2D eigenvalue weighted by molar-refractivity contribution is 0.100. The number of pyridine rings is 1. The number of benzene rings is 2. The fraction of sp³-hybridized carbons (Fsp3) is 0.105. The van der Waals surface area contributed by atoms with Crippen LogP contribution in [0.5, 0.6) is 0 Å². The molecule has 3 aromatic rings. The summed E-state index contributed by atoms with van der Waals surface area (Å²) in [5.74, 6) is -2.37. The van der Waals surface area contributed by atoms with Gasteiger partial charge in [0, 0.05) is 28.8 Å². The molecule has 0 spiro atoms. The van der Waals surface area contributed by atoms with E-state index in [9.17, 15) is 13.6 Å². The van der Waals surface area contributed by atoms with E-state index in [0.717, 1.165) is 23.1 Å². The van der Waals surface area contributed by atoms with Crippen LogP contribution in [0.25, 0.3) is 22.0 Å². The van der Waals surface area contributed by atoms with Crippen molar-refractivity contribution in [3.8, 4) is 11.3 Å². The third-order valence-electron chi connectivity index (χ3n) is 4.01. The summed E-state index contributed by atoms with van der Waals surface area (Å²) < 4.78 is 27.5. The number of carbonyl (C=O) groups excluding carboxylic acids is 1. The van der Waals surface area contributed by atoms with Crippen LogP contribution in [0, 0.1) is 11.6 Å². The first-order chi connectivity index (χ1) is 12.4. The van der Waals surface area contributed by atoms with E-state index in [-0.39, 0.29) is 17.1 Å². The smallest absolute Gasteiger partial charge is 0.280 e. The van der Waals surface area contributed by atoms with Crippen molar-refractivity contribution in [1.82, 2.24) is 4.98 Å². The van der Waals surface area contributed by atoms with Crippen LogP contribution in [0.2, 0.25) is 0 Å². The van der Waals surface area contributed by atoms with Crippen LogP contribution >= 0.6 is 0 Å². The number of aryl methyl sites for hydroxylation is 1. The van der Waals surface area contributed by atoms with Crippen molar-refractivity contribution in [2.45, 2.75) is 13.3 Å². The monoisotopic (exact) mass is 354 g/mol. The number of aromatic nitrogens is 1. The summed E-state index contributed by atoms with van der Waals surface area (Å²) in [5, 5.41) is 1.38. The molecule has 0 aliphatic carbocycles. The number of aliphatic imine (C=N–C) groups is 1. The average Bonchev–Trinajstić information content (AvgIpc) is 2.60. The predicted octanol–water partition coefficient (Wildman–Crippen LogP) is 3.16. The van der Waals surface area contributed by atoms with Crippen LogP contribution in [-0.2, 0) is 6.42 Å². The van der Waals surface area contributed by atoms with Gasteiger partial charge in [-0.2, -0.15) is 4.99 Å². The maximum Gasteiger partial charge on any atom is 0.280 e. The molecule has 3 rings (SSSR count). The molecule has 7 heteroatoms. The Labute approximate surface area is 148 Å². The van der Waals surface area contributed by atoms with Gasteiger partial charge in [-0.1, -0.05) is 13.0 Å². The van der Waals surface area contributed by atoms with Gasteiger partial charge in [0.2, 0.25) is 0 Å². The number of guanidine groups is 1. The first-order valence-corrected chi connectivity index (χ1v) is 7.91. The van der Waals surface area contributed by atoms with Crippen molar-refractivity contribution in [3.05, 3.63) is 65.4 Å². The molecule has 0 atom stereocenters. The van der Waals surface area contributed by atoms with Crippen LogP contribution in [0.15, 0.2) is 47.6 Å². The van der Waals surface area contributed by atoms with Crippen LogP contribution in [0.1, 0.15) is 22.8 Å². The summed E-state index contributed by atoms with van der Waals surface area (Å²) >= 11 is 0. The Balaban J connectivity index is 2.29. The molecule has 1 amide bonds. The molecule has 1 aromatic heterocycles. The number of nitrogens with two attached hydrogens (primary N) is 2. The van der Waals surface area contributed by atoms with Gasteiger partial charge in [-0.25, -0.2) is 8.78 Å². The summed E-state index contributed by atoms with van der Waals surface area (Å²) in [5.41, 5.74) is 12.1. The van der Waals surface area contributed by atoms with Gasteiger partial charge in [0.05, 0.1) is 5.69 Å². The Morgan fingerprint density at radius 1 is 1.12 bits per heavy atom. The molecular formula is C19H16F2N4O. The molecule has 0 unspecified atom stereocenters. The minimum Gasteiger partial charge on any atom is -0.370 e. The third-order valence-corrected chi connectivity index (χ3v) is 4.01. The molecule has 132 valence electrons. The molecule has 1 heterocycles. The summed E-state index contributed by atoms with van der Waals surface area (Å²) in [6.45, 7) is 1.97. The van der Waals surface area contributed by atoms with Gasteiger partial charge in [-0.15, -0.1) is 0 Å². The molecule has 5 nitrogen and oxygen atoms in total. The van der Waals surface area contributed by atoms with Crippen LogP contribution in [-0.4, -0.2) is 16.9 Å². The highest BCUT2D eigenvalue weighted by molar-refractivity contribution is 6.06. The largest absolute Gasteiger partial charge is 0.370 e. The molecule has 0 radical (unpaired) electrons. The zero-order chi connectivity index (χ0) is 18.8. The highest BCUT2D eigenvalue weighted by Crippen LogP contribution is 2.31. The fourth-order valence-electron chi connectivity index (χ4n) is 2.79. The molecule has 0 bridgehead atoms. The molecule has 0 saturated heterocycles. The van der Waals surface area contributed by atoms with Crippen LogP contribution in [0.4, 0.5) is 8.78 Å². The maximum atomic E-state index is 14.3. The highest BCUT2D eigenvalue weighted by Gasteiger charge is 2.15. The van der Waals surface area contributed by atoms with E-state index >= 15 is 0 Å². The minimum atomic E-state index is -0.732. The first-order valence-electron chi connectivity index (χ1n) is 7.91. The molecule has 0 aliphatic heterocycles. The number of hydrogen-bond acceptors (Lipinski definition) is 2. The predicted molar refractivity (Wildman–Crippen MR) is 96.6 cm³/mol. The maximum absolute atomic E-state index is 14.3. The van der Waals surface area contributed by atoms with Crippen LogP contribution < -0.4 is 11.5 Å². The zero-order valence-electron chi connectivity index (χ0n) is 14.0. The van der Waals surface area contributed by atoms with E-state index in [2.05, 4.69) is 9.98 Å². The van der Waals surface area contributed by atoms with E-state index in [1.54, 1.807) is 24.4 Å². The van der Waals surface area contributed by atoms with Gasteiger partial charge in [-0.3, -0.25) is 9.78 Å². The number of rotatable bonds is 3. The van der Waals surface area contributed by atoms with Crippen molar-refractivity contribution in [2.24, 2.45) is 16.5 Å². The van der Waals surface area contributed by atoms with E-state index in [1.807, 2.05) is 6.92 Å². The third kappa shape index (κ3) is 3.23. The number of nitrogens with zero attached hydrogens (tertiary/aromatic N) is 2. The standard InChI is InChI=1S/C19H16F2N4O/c1-2-10-9-24-17(14-6-4-12(20)8-16(14)21)15-7-11(3-5-13(10)15)18(26)25-19(22)23/h3-9H,2H2,1H3,(H4,22,23,25,26). The van der Waals surface area contributed by atoms with E-state index in [1.165, 1.54) is 6.07 Å². The number of halogens is 2. The van der Waals surface area contributed by atoms with Gasteiger partial charge in [0.1, 0.15) is 11.6 Å². The Bertz CT molecular complexity index is 1040. The minimum absolute atomic E-state index is 0.144. The first kappa shape index (κ1) is 17.5. The second-order valence-corrected chi connectivity index (χ2v) is 5.71. The van der Waals surface area contributed by atoms with Crippen molar-refractivity contribution < 1.29 is 13.6 Å². The van der Waals surface area contributed by atoms with Gasteiger partial charge >= 0.3 is 0 Å². The van der Waals surface area contributed by atoms with Gasteiger partial charge in [0.15, 0.2) is 5.96 Å². The van der Waals surface area contributed by atoms with Gasteiger partial charge < -0.3 is 11.5 Å². The molecule has 26 heavy (non-hydrogen) atoms. The molecule has 0 fully saturated rings. The Kier molecular flexibility index (Phi) is 4.62. The number of carbonyl (C=O) groups is 1. The van der Waals surface area contributed by atoms with E-state index < -0.39 is 17.5 Å². The lowest BCUT2D eigenvalue weighted by atomic mass is 9.97. The quantitative estimate of drug-likeness (QED) is 0.558. The van der Waals surface area contributed by atoms with E-state index in [0.29, 0.717) is 17.5 Å². The second-order valence-electron chi connectivity index (χ2n) is 5.71. The molecule has 0 saturated carbocycles. The Morgan fingerprint density at radius 2 is 1.88 bits per heavy atom. The van der Waals surface area contributed by atoms with Gasteiger partial charge in [0.25, 0.3) is 5.91 Å². The molecule has 2 aromatic carbocycles. The summed E-state index contributed by atoms with van der Waals surface area (Å²) in [6, 6.07) is 8.19. The van der Waals surface area contributed by atoms with Crippen molar-refractivity contribution in [1.29, 1.82) is 0 Å².